The lowest BCUT2D eigenvalue weighted by molar-refractivity contribution is 0.105. The minimum absolute atomic E-state index is 0.183. The predicted octanol–water partition coefficient (Wildman–Crippen LogP) is 1.22. The molecule has 0 saturated carbocycles. The Bertz CT molecular complexity index is 454. The van der Waals surface area contributed by atoms with Gasteiger partial charge in [-0.1, -0.05) is 28.8 Å². The largest absolute Gasteiger partial charge is 0.411 e. The lowest BCUT2D eigenvalue weighted by Crippen LogP contribution is -2.20. The topological polar surface area (TPSA) is 49.7 Å². The molecule has 80 valence electrons. The highest BCUT2D eigenvalue weighted by molar-refractivity contribution is 6.46. The summed E-state index contributed by atoms with van der Waals surface area (Å²) in [6, 6.07) is 5.24. The van der Waals surface area contributed by atoms with Crippen molar-refractivity contribution in [2.24, 2.45) is 5.16 Å². The lowest BCUT2D eigenvalue weighted by Gasteiger charge is -2.14. The second-order valence-electron chi connectivity index (χ2n) is 4.00. The van der Waals surface area contributed by atoms with Crippen LogP contribution in [0.2, 0.25) is 0 Å². The van der Waals surface area contributed by atoms with Gasteiger partial charge in [-0.3, -0.25) is 4.79 Å². The van der Waals surface area contributed by atoms with Gasteiger partial charge in [-0.2, -0.15) is 0 Å². The monoisotopic (exact) mass is 213 g/mol. The second-order valence-corrected chi connectivity index (χ2v) is 4.00. The first kappa shape index (κ1) is 10.9. The molecule has 0 spiro atoms. The summed E-state index contributed by atoms with van der Waals surface area (Å²) in [4.78, 5) is 12.0. The number of hydrogen-bond donors (Lipinski definition) is 1. The highest BCUT2D eigenvalue weighted by atomic mass is 16.4. The third kappa shape index (κ3) is 2.01. The molecule has 1 aromatic carbocycles. The summed E-state index contributed by atoms with van der Waals surface area (Å²) in [7, 11) is 5.69. The Hall–Kier alpha value is -1.58. The first-order valence-corrected chi connectivity index (χ1v) is 5.36. The minimum atomic E-state index is -0.183. The molecule has 4 heteroatoms. The van der Waals surface area contributed by atoms with Crippen LogP contribution in [0.4, 0.5) is 0 Å². The van der Waals surface area contributed by atoms with Gasteiger partial charge in [0.2, 0.25) is 5.78 Å². The van der Waals surface area contributed by atoms with Crippen molar-refractivity contribution < 1.29 is 10.0 Å². The number of benzene rings is 1. The summed E-state index contributed by atoms with van der Waals surface area (Å²) in [6.07, 6.45) is 3.23. The van der Waals surface area contributed by atoms with Gasteiger partial charge < -0.3 is 5.21 Å². The molecule has 0 fully saturated rings. The number of oxime groups is 1. The minimum Gasteiger partial charge on any atom is -0.411 e. The summed E-state index contributed by atoms with van der Waals surface area (Å²) >= 11 is 0. The van der Waals surface area contributed by atoms with Crippen LogP contribution in [0.5, 0.6) is 0 Å². The molecule has 0 heterocycles. The van der Waals surface area contributed by atoms with Crippen LogP contribution in [0.3, 0.4) is 0 Å². The van der Waals surface area contributed by atoms with Crippen molar-refractivity contribution >= 4 is 24.8 Å². The molecule has 0 aromatic heterocycles. The summed E-state index contributed by atoms with van der Waals surface area (Å²) in [6.45, 7) is 0. The average Bonchev–Trinajstić information content (AvgIpc) is 2.26. The third-order valence-electron chi connectivity index (χ3n) is 2.87. The molecule has 1 N–H and O–H groups in total. The number of nitrogens with zero attached hydrogens (tertiary/aromatic N) is 1. The van der Waals surface area contributed by atoms with Crippen LogP contribution >= 0.6 is 0 Å². The van der Waals surface area contributed by atoms with Gasteiger partial charge in [0.15, 0.2) is 0 Å². The zero-order valence-corrected chi connectivity index (χ0v) is 8.94. The van der Waals surface area contributed by atoms with Gasteiger partial charge in [-0.15, -0.1) is 0 Å². The summed E-state index contributed by atoms with van der Waals surface area (Å²) in [5, 5.41) is 11.9. The molecular formula is C12H12BNO2. The predicted molar refractivity (Wildman–Crippen MR) is 62.9 cm³/mol. The third-order valence-corrected chi connectivity index (χ3v) is 2.87. The fourth-order valence-corrected chi connectivity index (χ4v) is 2.01. The average molecular weight is 213 g/mol. The number of ketones is 1. The van der Waals surface area contributed by atoms with Gasteiger partial charge in [-0.25, -0.2) is 0 Å². The molecule has 2 rings (SSSR count). The molecule has 1 aliphatic carbocycles. The molecule has 1 aromatic rings. The summed E-state index contributed by atoms with van der Waals surface area (Å²) in [5.41, 5.74) is 2.47. The zero-order valence-electron chi connectivity index (χ0n) is 8.94. The Balaban J connectivity index is 2.49. The maximum Gasteiger partial charge on any atom is 0.210 e. The first-order chi connectivity index (χ1) is 7.72. The van der Waals surface area contributed by atoms with E-state index in [9.17, 15) is 4.79 Å². The van der Waals surface area contributed by atoms with E-state index in [2.05, 4.69) is 5.16 Å². The number of carbonyl (C=O) groups is 1. The number of rotatable bonds is 0. The van der Waals surface area contributed by atoms with E-state index in [1.807, 2.05) is 6.07 Å². The van der Waals surface area contributed by atoms with Crippen molar-refractivity contribution in [3.63, 3.8) is 0 Å². The van der Waals surface area contributed by atoms with Gasteiger partial charge in [-0.05, 0) is 31.2 Å². The van der Waals surface area contributed by atoms with Crippen molar-refractivity contribution in [1.82, 2.24) is 0 Å². The van der Waals surface area contributed by atoms with Crippen LogP contribution in [0, 0.1) is 0 Å². The number of Topliss-reactive ketones (excluding diaryl/α,β-unsaturated/α-hetero) is 1. The highest BCUT2D eigenvalue weighted by Gasteiger charge is 2.20. The van der Waals surface area contributed by atoms with E-state index >= 15 is 0 Å². The smallest absolute Gasteiger partial charge is 0.210 e. The first-order valence-electron chi connectivity index (χ1n) is 5.36. The SMILES string of the molecule is [B]c1ccc2c(c1)CCCC/C(=N\O)C2=O. The van der Waals surface area contributed by atoms with Crippen molar-refractivity contribution in [2.45, 2.75) is 25.7 Å². The summed E-state index contributed by atoms with van der Waals surface area (Å²) < 4.78 is 0. The van der Waals surface area contributed by atoms with E-state index in [1.54, 1.807) is 12.1 Å². The Labute approximate surface area is 95.6 Å². The molecule has 0 atom stereocenters. The van der Waals surface area contributed by atoms with E-state index in [-0.39, 0.29) is 11.5 Å². The quantitative estimate of drug-likeness (QED) is 0.400. The normalized spacial score (nSPS) is 19.0. The molecule has 0 unspecified atom stereocenters. The van der Waals surface area contributed by atoms with E-state index in [0.29, 0.717) is 17.4 Å². The van der Waals surface area contributed by atoms with Crippen LogP contribution in [0.1, 0.15) is 35.2 Å². The molecule has 2 radical (unpaired) electrons. The Morgan fingerprint density at radius 2 is 2.00 bits per heavy atom. The van der Waals surface area contributed by atoms with Crippen LogP contribution in [0.25, 0.3) is 0 Å². The second kappa shape index (κ2) is 4.52. The Morgan fingerprint density at radius 3 is 2.75 bits per heavy atom. The molecule has 0 bridgehead atoms. The molecule has 16 heavy (non-hydrogen) atoms. The molecule has 0 amide bonds. The van der Waals surface area contributed by atoms with E-state index in [0.717, 1.165) is 24.8 Å². The van der Waals surface area contributed by atoms with Gasteiger partial charge in [0.1, 0.15) is 13.6 Å². The fraction of sp³-hybridized carbons (Fsp3) is 0.333. The Morgan fingerprint density at radius 1 is 1.25 bits per heavy atom. The van der Waals surface area contributed by atoms with Crippen LogP contribution in [-0.2, 0) is 6.42 Å². The van der Waals surface area contributed by atoms with Gasteiger partial charge in [0, 0.05) is 5.56 Å². The zero-order chi connectivity index (χ0) is 11.5. The van der Waals surface area contributed by atoms with Gasteiger partial charge >= 0.3 is 0 Å². The number of carbonyl (C=O) groups excluding carboxylic acids is 1. The van der Waals surface area contributed by atoms with E-state index < -0.39 is 0 Å². The van der Waals surface area contributed by atoms with E-state index in [1.165, 1.54) is 0 Å². The van der Waals surface area contributed by atoms with Crippen molar-refractivity contribution in [3.8, 4) is 0 Å². The van der Waals surface area contributed by atoms with Crippen LogP contribution in [-0.4, -0.2) is 24.5 Å². The number of aryl methyl sites for hydroxylation is 1. The lowest BCUT2D eigenvalue weighted by atomic mass is 9.86. The standard InChI is InChI=1S/C12H12BNO2/c13-9-5-6-10-8(7-9)3-1-2-4-11(14-16)12(10)15/h5-7,16H,1-4H2/b14-11+. The molecule has 0 saturated heterocycles. The molecule has 1 aliphatic rings. The number of fused-ring (bicyclic) bond motifs is 1. The molecular weight excluding hydrogens is 201 g/mol. The highest BCUT2D eigenvalue weighted by Crippen LogP contribution is 2.18. The number of hydrogen-bond acceptors (Lipinski definition) is 3. The van der Waals surface area contributed by atoms with Crippen LogP contribution < -0.4 is 5.46 Å². The maximum atomic E-state index is 12.0. The van der Waals surface area contributed by atoms with Crippen molar-refractivity contribution in [3.05, 3.63) is 29.3 Å². The Kier molecular flexibility index (Phi) is 3.08. The van der Waals surface area contributed by atoms with Crippen molar-refractivity contribution in [1.29, 1.82) is 0 Å². The summed E-state index contributed by atoms with van der Waals surface area (Å²) in [5.74, 6) is -0.183. The van der Waals surface area contributed by atoms with Crippen LogP contribution in [0.15, 0.2) is 23.4 Å². The van der Waals surface area contributed by atoms with Crippen molar-refractivity contribution in [2.75, 3.05) is 0 Å². The maximum absolute atomic E-state index is 12.0. The molecule has 0 aliphatic heterocycles. The fourth-order valence-electron chi connectivity index (χ4n) is 2.01. The molecule has 3 nitrogen and oxygen atoms in total. The van der Waals surface area contributed by atoms with E-state index in [4.69, 9.17) is 13.1 Å². The van der Waals surface area contributed by atoms with Gasteiger partial charge in [0.05, 0.1) is 0 Å². The van der Waals surface area contributed by atoms with Gasteiger partial charge in [0.25, 0.3) is 0 Å².